The molecule has 0 saturated carbocycles. The molecule has 0 aliphatic rings. The van der Waals surface area contributed by atoms with Gasteiger partial charge in [0.05, 0.1) is 22.9 Å². The Bertz CT molecular complexity index is 368. The molecule has 0 spiro atoms. The maximum atomic E-state index is 11.6. The van der Waals surface area contributed by atoms with Crippen molar-refractivity contribution >= 4 is 23.3 Å². The van der Waals surface area contributed by atoms with Crippen LogP contribution >= 0.6 is 11.6 Å². The van der Waals surface area contributed by atoms with Crippen LogP contribution in [-0.2, 0) is 9.47 Å². The second-order valence-corrected chi connectivity index (χ2v) is 3.44. The molecule has 2 N–H and O–H groups in total. The van der Waals surface area contributed by atoms with Gasteiger partial charge in [-0.3, -0.25) is 0 Å². The Morgan fingerprint density at radius 3 is 2.88 bits per heavy atom. The number of benzene rings is 1. The summed E-state index contributed by atoms with van der Waals surface area (Å²) in [5.41, 5.74) is 6.17. The fourth-order valence-electron chi connectivity index (χ4n) is 1.13. The number of carbonyl (C=O) groups is 1. The molecule has 4 nitrogen and oxygen atoms in total. The first kappa shape index (κ1) is 12.8. The van der Waals surface area contributed by atoms with E-state index in [1.54, 1.807) is 18.2 Å². The van der Waals surface area contributed by atoms with E-state index in [2.05, 4.69) is 0 Å². The Balaban J connectivity index is 2.56. The molecule has 0 unspecified atom stereocenters. The number of hydrogen-bond acceptors (Lipinski definition) is 4. The Morgan fingerprint density at radius 1 is 1.44 bits per heavy atom. The highest BCUT2D eigenvalue weighted by Crippen LogP contribution is 2.22. The molecule has 1 aromatic carbocycles. The van der Waals surface area contributed by atoms with E-state index in [9.17, 15) is 4.79 Å². The Labute approximate surface area is 99.3 Å². The lowest BCUT2D eigenvalue weighted by molar-refractivity contribution is 0.0336. The molecule has 88 valence electrons. The van der Waals surface area contributed by atoms with Gasteiger partial charge in [-0.2, -0.15) is 0 Å². The SMILES string of the molecule is CCOCCOC(=O)c1cccc(Cl)c1N. The quantitative estimate of drug-likeness (QED) is 0.489. The molecular weight excluding hydrogens is 230 g/mol. The summed E-state index contributed by atoms with van der Waals surface area (Å²) < 4.78 is 10.0. The van der Waals surface area contributed by atoms with E-state index < -0.39 is 5.97 Å². The summed E-state index contributed by atoms with van der Waals surface area (Å²) in [6, 6.07) is 4.84. The molecule has 0 aliphatic carbocycles. The van der Waals surface area contributed by atoms with Gasteiger partial charge in [-0.25, -0.2) is 4.79 Å². The number of ether oxygens (including phenoxy) is 2. The maximum absolute atomic E-state index is 11.6. The minimum atomic E-state index is -0.486. The zero-order valence-electron chi connectivity index (χ0n) is 9.03. The lowest BCUT2D eigenvalue weighted by atomic mass is 10.2. The van der Waals surface area contributed by atoms with Crippen molar-refractivity contribution in [2.45, 2.75) is 6.92 Å². The third kappa shape index (κ3) is 3.40. The largest absolute Gasteiger partial charge is 0.460 e. The summed E-state index contributed by atoms with van der Waals surface area (Å²) in [5, 5.41) is 0.347. The summed E-state index contributed by atoms with van der Waals surface area (Å²) in [7, 11) is 0. The predicted octanol–water partition coefficient (Wildman–Crippen LogP) is 2.12. The van der Waals surface area contributed by atoms with Crippen molar-refractivity contribution in [3.05, 3.63) is 28.8 Å². The van der Waals surface area contributed by atoms with E-state index in [1.165, 1.54) is 0 Å². The summed E-state index contributed by atoms with van der Waals surface area (Å²) >= 11 is 5.78. The van der Waals surface area contributed by atoms with E-state index >= 15 is 0 Å². The van der Waals surface area contributed by atoms with E-state index in [4.69, 9.17) is 26.8 Å². The molecule has 0 bridgehead atoms. The lowest BCUT2D eigenvalue weighted by Crippen LogP contribution is -2.12. The Kier molecular flexibility index (Phi) is 5.08. The predicted molar refractivity (Wildman–Crippen MR) is 62.6 cm³/mol. The van der Waals surface area contributed by atoms with Gasteiger partial charge < -0.3 is 15.2 Å². The summed E-state index contributed by atoms with van der Waals surface area (Å²) in [6.45, 7) is 3.05. The van der Waals surface area contributed by atoms with Gasteiger partial charge in [0.15, 0.2) is 0 Å². The van der Waals surface area contributed by atoms with Crippen LogP contribution in [0.4, 0.5) is 5.69 Å². The summed E-state index contributed by atoms with van der Waals surface area (Å²) in [6.07, 6.45) is 0. The first-order valence-electron chi connectivity index (χ1n) is 4.95. The summed E-state index contributed by atoms with van der Waals surface area (Å²) in [4.78, 5) is 11.6. The number of nitrogens with two attached hydrogens (primary N) is 1. The second-order valence-electron chi connectivity index (χ2n) is 3.03. The van der Waals surface area contributed by atoms with Crippen molar-refractivity contribution < 1.29 is 14.3 Å². The van der Waals surface area contributed by atoms with E-state index in [0.717, 1.165) is 0 Å². The summed E-state index contributed by atoms with van der Waals surface area (Å²) in [5.74, 6) is -0.486. The van der Waals surface area contributed by atoms with Crippen LogP contribution in [0.1, 0.15) is 17.3 Å². The van der Waals surface area contributed by atoms with Crippen LogP contribution in [0.2, 0.25) is 5.02 Å². The minimum Gasteiger partial charge on any atom is -0.460 e. The first-order chi connectivity index (χ1) is 7.66. The molecule has 1 rings (SSSR count). The molecular formula is C11H14ClNO3. The number of carbonyl (C=O) groups excluding carboxylic acids is 1. The normalized spacial score (nSPS) is 10.1. The molecule has 0 saturated heterocycles. The maximum Gasteiger partial charge on any atom is 0.340 e. The van der Waals surface area contributed by atoms with Gasteiger partial charge in [0, 0.05) is 6.61 Å². The van der Waals surface area contributed by atoms with Gasteiger partial charge in [0.25, 0.3) is 0 Å². The number of halogens is 1. The van der Waals surface area contributed by atoms with Gasteiger partial charge in [-0.1, -0.05) is 17.7 Å². The molecule has 16 heavy (non-hydrogen) atoms. The average Bonchev–Trinajstić information content (AvgIpc) is 2.28. The number of para-hydroxylation sites is 1. The van der Waals surface area contributed by atoms with E-state index in [1.807, 2.05) is 6.92 Å². The van der Waals surface area contributed by atoms with Crippen molar-refractivity contribution in [1.82, 2.24) is 0 Å². The standard InChI is InChI=1S/C11H14ClNO3/c1-2-15-6-7-16-11(14)8-4-3-5-9(12)10(8)13/h3-5H,2,6-7,13H2,1H3. The lowest BCUT2D eigenvalue weighted by Gasteiger charge is -2.07. The minimum absolute atomic E-state index is 0.207. The third-order valence-electron chi connectivity index (χ3n) is 1.94. The van der Waals surface area contributed by atoms with Crippen molar-refractivity contribution in [3.63, 3.8) is 0 Å². The van der Waals surface area contributed by atoms with Crippen LogP contribution < -0.4 is 5.73 Å². The average molecular weight is 244 g/mol. The smallest absolute Gasteiger partial charge is 0.340 e. The molecule has 0 aromatic heterocycles. The van der Waals surface area contributed by atoms with Crippen molar-refractivity contribution in [2.75, 3.05) is 25.6 Å². The molecule has 0 amide bonds. The number of hydrogen-bond donors (Lipinski definition) is 1. The molecule has 0 fully saturated rings. The first-order valence-corrected chi connectivity index (χ1v) is 5.33. The van der Waals surface area contributed by atoms with Gasteiger partial charge >= 0.3 is 5.97 Å². The van der Waals surface area contributed by atoms with Crippen LogP contribution in [0.3, 0.4) is 0 Å². The van der Waals surface area contributed by atoms with Gasteiger partial charge in [0.1, 0.15) is 6.61 Å². The second kappa shape index (κ2) is 6.35. The number of anilines is 1. The zero-order chi connectivity index (χ0) is 12.0. The molecule has 0 radical (unpaired) electrons. The number of esters is 1. The molecule has 5 heteroatoms. The molecule has 0 aliphatic heterocycles. The Morgan fingerprint density at radius 2 is 2.19 bits per heavy atom. The van der Waals surface area contributed by atoms with Crippen LogP contribution in [0.15, 0.2) is 18.2 Å². The number of rotatable bonds is 5. The van der Waals surface area contributed by atoms with Crippen LogP contribution in [0, 0.1) is 0 Å². The van der Waals surface area contributed by atoms with Crippen LogP contribution in [0.5, 0.6) is 0 Å². The van der Waals surface area contributed by atoms with Gasteiger partial charge in [0.2, 0.25) is 0 Å². The topological polar surface area (TPSA) is 61.5 Å². The van der Waals surface area contributed by atoms with Crippen LogP contribution in [-0.4, -0.2) is 25.8 Å². The third-order valence-corrected chi connectivity index (χ3v) is 2.27. The van der Waals surface area contributed by atoms with Gasteiger partial charge in [-0.05, 0) is 19.1 Å². The van der Waals surface area contributed by atoms with Crippen molar-refractivity contribution in [2.24, 2.45) is 0 Å². The van der Waals surface area contributed by atoms with Crippen LogP contribution in [0.25, 0.3) is 0 Å². The fraction of sp³-hybridized carbons (Fsp3) is 0.364. The Hall–Kier alpha value is -1.26. The number of nitrogen functional groups attached to an aromatic ring is 1. The molecule has 0 heterocycles. The van der Waals surface area contributed by atoms with Crippen molar-refractivity contribution in [1.29, 1.82) is 0 Å². The highest BCUT2D eigenvalue weighted by atomic mass is 35.5. The molecule has 1 aromatic rings. The fourth-order valence-corrected chi connectivity index (χ4v) is 1.30. The monoisotopic (exact) mass is 243 g/mol. The van der Waals surface area contributed by atoms with E-state index in [-0.39, 0.29) is 17.9 Å². The van der Waals surface area contributed by atoms with Crippen molar-refractivity contribution in [3.8, 4) is 0 Å². The highest BCUT2D eigenvalue weighted by Gasteiger charge is 2.12. The zero-order valence-corrected chi connectivity index (χ0v) is 9.79. The van der Waals surface area contributed by atoms with Gasteiger partial charge in [-0.15, -0.1) is 0 Å². The highest BCUT2D eigenvalue weighted by molar-refractivity contribution is 6.33. The molecule has 0 atom stereocenters. The van der Waals surface area contributed by atoms with E-state index in [0.29, 0.717) is 18.2 Å².